The SMILES string of the molecule is O=C(Nc1cccc(Br)c1)C(c1ccccc1)N1CCS(=O)(=O)CC1. The van der Waals surface area contributed by atoms with E-state index in [1.165, 1.54) is 0 Å². The van der Waals surface area contributed by atoms with Gasteiger partial charge in [-0.15, -0.1) is 0 Å². The van der Waals surface area contributed by atoms with Crippen molar-refractivity contribution in [3.63, 3.8) is 0 Å². The molecule has 7 heteroatoms. The van der Waals surface area contributed by atoms with Crippen molar-refractivity contribution in [1.29, 1.82) is 0 Å². The number of hydrogen-bond acceptors (Lipinski definition) is 4. The monoisotopic (exact) mass is 422 g/mol. The molecular formula is C18H19BrN2O3S. The van der Waals surface area contributed by atoms with Crippen molar-refractivity contribution in [2.45, 2.75) is 6.04 Å². The van der Waals surface area contributed by atoms with Crippen LogP contribution in [0.1, 0.15) is 11.6 Å². The van der Waals surface area contributed by atoms with E-state index in [0.717, 1.165) is 10.0 Å². The zero-order chi connectivity index (χ0) is 17.9. The Morgan fingerprint density at radius 3 is 2.36 bits per heavy atom. The van der Waals surface area contributed by atoms with Gasteiger partial charge in [0.05, 0.1) is 11.5 Å². The first-order chi connectivity index (χ1) is 11.9. The van der Waals surface area contributed by atoms with Gasteiger partial charge in [-0.05, 0) is 23.8 Å². The van der Waals surface area contributed by atoms with E-state index >= 15 is 0 Å². The normalized spacial score (nSPS) is 18.4. The molecule has 1 aliphatic heterocycles. The molecule has 1 fully saturated rings. The molecule has 1 atom stereocenters. The molecule has 1 N–H and O–H groups in total. The minimum Gasteiger partial charge on any atom is -0.324 e. The van der Waals surface area contributed by atoms with Gasteiger partial charge in [-0.1, -0.05) is 52.3 Å². The first kappa shape index (κ1) is 18.1. The maximum absolute atomic E-state index is 13.0. The van der Waals surface area contributed by atoms with Gasteiger partial charge in [-0.3, -0.25) is 9.69 Å². The number of rotatable bonds is 4. The molecule has 3 rings (SSSR count). The predicted octanol–water partition coefficient (Wildman–Crippen LogP) is 2.86. The van der Waals surface area contributed by atoms with Crippen LogP contribution in [0.15, 0.2) is 59.1 Å². The molecule has 1 heterocycles. The molecule has 0 saturated carbocycles. The number of carbonyl (C=O) groups is 1. The zero-order valence-corrected chi connectivity index (χ0v) is 16.0. The first-order valence-corrected chi connectivity index (χ1v) is 10.6. The van der Waals surface area contributed by atoms with Crippen molar-refractivity contribution in [1.82, 2.24) is 4.90 Å². The molecule has 1 saturated heterocycles. The van der Waals surface area contributed by atoms with Crippen molar-refractivity contribution < 1.29 is 13.2 Å². The summed E-state index contributed by atoms with van der Waals surface area (Å²) in [5, 5.41) is 2.94. The van der Waals surface area contributed by atoms with E-state index < -0.39 is 15.9 Å². The van der Waals surface area contributed by atoms with E-state index in [2.05, 4.69) is 21.2 Å². The predicted molar refractivity (Wildman–Crippen MR) is 102 cm³/mol. The van der Waals surface area contributed by atoms with Gasteiger partial charge in [-0.2, -0.15) is 0 Å². The van der Waals surface area contributed by atoms with Gasteiger partial charge in [0, 0.05) is 23.2 Å². The highest BCUT2D eigenvalue weighted by atomic mass is 79.9. The molecule has 2 aromatic rings. The Morgan fingerprint density at radius 2 is 1.72 bits per heavy atom. The van der Waals surface area contributed by atoms with E-state index in [0.29, 0.717) is 18.8 Å². The van der Waals surface area contributed by atoms with Crippen molar-refractivity contribution in [2.24, 2.45) is 0 Å². The second kappa shape index (κ2) is 7.68. The highest BCUT2D eigenvalue weighted by molar-refractivity contribution is 9.10. The largest absolute Gasteiger partial charge is 0.324 e. The van der Waals surface area contributed by atoms with E-state index in [9.17, 15) is 13.2 Å². The minimum absolute atomic E-state index is 0.0838. The zero-order valence-electron chi connectivity index (χ0n) is 13.6. The number of nitrogens with one attached hydrogen (secondary N) is 1. The topological polar surface area (TPSA) is 66.5 Å². The van der Waals surface area contributed by atoms with Crippen LogP contribution in [-0.4, -0.2) is 43.8 Å². The highest BCUT2D eigenvalue weighted by Gasteiger charge is 2.32. The summed E-state index contributed by atoms with van der Waals surface area (Å²) in [5.41, 5.74) is 1.55. The molecule has 0 bridgehead atoms. The van der Waals surface area contributed by atoms with Crippen LogP contribution in [0.4, 0.5) is 5.69 Å². The Labute approximate surface area is 156 Å². The Kier molecular flexibility index (Phi) is 5.56. The van der Waals surface area contributed by atoms with Crippen LogP contribution in [0.3, 0.4) is 0 Å². The molecule has 1 unspecified atom stereocenters. The van der Waals surface area contributed by atoms with Crippen LogP contribution in [0.5, 0.6) is 0 Å². The summed E-state index contributed by atoms with van der Waals surface area (Å²) in [4.78, 5) is 14.9. The lowest BCUT2D eigenvalue weighted by molar-refractivity contribution is -0.121. The molecule has 2 aromatic carbocycles. The van der Waals surface area contributed by atoms with Crippen LogP contribution < -0.4 is 5.32 Å². The fourth-order valence-corrected chi connectivity index (χ4v) is 4.55. The third-order valence-corrected chi connectivity index (χ3v) is 6.30. The maximum atomic E-state index is 13.0. The number of halogens is 1. The van der Waals surface area contributed by atoms with E-state index in [-0.39, 0.29) is 17.4 Å². The summed E-state index contributed by atoms with van der Waals surface area (Å²) in [5.74, 6) is 0.00432. The lowest BCUT2D eigenvalue weighted by atomic mass is 10.0. The van der Waals surface area contributed by atoms with Crippen molar-refractivity contribution in [2.75, 3.05) is 29.9 Å². The number of sulfone groups is 1. The maximum Gasteiger partial charge on any atom is 0.246 e. The molecule has 0 spiro atoms. The van der Waals surface area contributed by atoms with E-state index in [4.69, 9.17) is 0 Å². The number of benzene rings is 2. The molecule has 5 nitrogen and oxygen atoms in total. The molecule has 0 aliphatic carbocycles. The van der Waals surface area contributed by atoms with Gasteiger partial charge in [0.25, 0.3) is 0 Å². The van der Waals surface area contributed by atoms with Gasteiger partial charge >= 0.3 is 0 Å². The molecule has 1 aliphatic rings. The number of hydrogen-bond donors (Lipinski definition) is 1. The standard InChI is InChI=1S/C18H19BrN2O3S/c19-15-7-4-8-16(13-15)20-18(22)17(14-5-2-1-3-6-14)21-9-11-25(23,24)12-10-21/h1-8,13,17H,9-12H2,(H,20,22). The summed E-state index contributed by atoms with van der Waals surface area (Å²) in [6, 6.07) is 16.3. The number of carbonyl (C=O) groups excluding carboxylic acids is 1. The summed E-state index contributed by atoms with van der Waals surface area (Å²) in [6.45, 7) is 0.710. The van der Waals surface area contributed by atoms with Crippen molar-refractivity contribution in [3.8, 4) is 0 Å². The number of anilines is 1. The second-order valence-electron chi connectivity index (χ2n) is 6.00. The summed E-state index contributed by atoms with van der Waals surface area (Å²) < 4.78 is 24.3. The number of nitrogens with zero attached hydrogens (tertiary/aromatic N) is 1. The van der Waals surface area contributed by atoms with Crippen LogP contribution in [0, 0.1) is 0 Å². The Morgan fingerprint density at radius 1 is 1.04 bits per heavy atom. The molecule has 25 heavy (non-hydrogen) atoms. The van der Waals surface area contributed by atoms with Crippen LogP contribution >= 0.6 is 15.9 Å². The quantitative estimate of drug-likeness (QED) is 0.822. The molecule has 0 radical (unpaired) electrons. The van der Waals surface area contributed by atoms with Crippen LogP contribution in [-0.2, 0) is 14.6 Å². The third kappa shape index (κ3) is 4.68. The molecular weight excluding hydrogens is 404 g/mol. The summed E-state index contributed by atoms with van der Waals surface area (Å²) in [7, 11) is -3.00. The van der Waals surface area contributed by atoms with Gasteiger partial charge < -0.3 is 5.32 Å². The van der Waals surface area contributed by atoms with Gasteiger partial charge in [0.1, 0.15) is 6.04 Å². The molecule has 0 aromatic heterocycles. The fraction of sp³-hybridized carbons (Fsp3) is 0.278. The van der Waals surface area contributed by atoms with Gasteiger partial charge in [-0.25, -0.2) is 8.42 Å². The Bertz CT molecular complexity index is 842. The lowest BCUT2D eigenvalue weighted by Crippen LogP contribution is -2.46. The average Bonchev–Trinajstić information content (AvgIpc) is 2.57. The van der Waals surface area contributed by atoms with Gasteiger partial charge in [0.15, 0.2) is 9.84 Å². The third-order valence-electron chi connectivity index (χ3n) is 4.20. The minimum atomic E-state index is -3.00. The van der Waals surface area contributed by atoms with Crippen molar-refractivity contribution in [3.05, 3.63) is 64.6 Å². The van der Waals surface area contributed by atoms with Crippen LogP contribution in [0.2, 0.25) is 0 Å². The van der Waals surface area contributed by atoms with E-state index in [1.54, 1.807) is 0 Å². The molecule has 1 amide bonds. The average molecular weight is 423 g/mol. The lowest BCUT2D eigenvalue weighted by Gasteiger charge is -2.33. The van der Waals surface area contributed by atoms with Crippen molar-refractivity contribution >= 4 is 37.4 Å². The smallest absolute Gasteiger partial charge is 0.246 e. The Balaban J connectivity index is 1.85. The summed E-state index contributed by atoms with van der Waals surface area (Å²) in [6.07, 6.45) is 0. The molecule has 132 valence electrons. The Hall–Kier alpha value is -1.70. The summed E-state index contributed by atoms with van der Waals surface area (Å²) >= 11 is 3.39. The van der Waals surface area contributed by atoms with Crippen LogP contribution in [0.25, 0.3) is 0 Å². The highest BCUT2D eigenvalue weighted by Crippen LogP contribution is 2.25. The fourth-order valence-electron chi connectivity index (χ4n) is 2.92. The second-order valence-corrected chi connectivity index (χ2v) is 9.22. The number of amides is 1. The first-order valence-electron chi connectivity index (χ1n) is 8.00. The van der Waals surface area contributed by atoms with Gasteiger partial charge in [0.2, 0.25) is 5.91 Å². The van der Waals surface area contributed by atoms with E-state index in [1.807, 2.05) is 59.5 Å².